The predicted octanol–water partition coefficient (Wildman–Crippen LogP) is 3.41. The highest BCUT2D eigenvalue weighted by Gasteiger charge is 2.29. The average Bonchev–Trinajstić information content (AvgIpc) is 3.28. The van der Waals surface area contributed by atoms with Crippen LogP contribution >= 0.6 is 23.1 Å². The van der Waals surface area contributed by atoms with E-state index in [1.54, 1.807) is 0 Å². The van der Waals surface area contributed by atoms with Crippen molar-refractivity contribution in [3.8, 4) is 0 Å². The zero-order valence-electron chi connectivity index (χ0n) is 15.6. The van der Waals surface area contributed by atoms with Crippen molar-refractivity contribution in [2.24, 2.45) is 10.9 Å². The minimum Gasteiger partial charge on any atom is -0.356 e. The molecule has 2 aliphatic rings. The van der Waals surface area contributed by atoms with Gasteiger partial charge in [-0.2, -0.15) is 11.8 Å². The van der Waals surface area contributed by atoms with Crippen molar-refractivity contribution in [1.82, 2.24) is 15.5 Å². The zero-order chi connectivity index (χ0) is 17.5. The number of hydrogen-bond donors (Lipinski definition) is 2. The van der Waals surface area contributed by atoms with Gasteiger partial charge in [-0.3, -0.25) is 9.89 Å². The highest BCUT2D eigenvalue weighted by molar-refractivity contribution is 8.00. The standard InChI is InChI=1S/C19H32N4S2/c1-19(8-5-11-25-19)15-22-18(20-2)21-12-16-6-3-9-23(13-16)14-17-7-4-10-24-17/h4,7,10,16H,3,5-6,8-9,11-15H2,1-2H3,(H2,20,21,22). The number of nitrogens with zero attached hydrogens (tertiary/aromatic N) is 2. The first-order valence-electron chi connectivity index (χ1n) is 9.50. The summed E-state index contributed by atoms with van der Waals surface area (Å²) in [4.78, 5) is 8.50. The third-order valence-electron chi connectivity index (χ3n) is 5.27. The Morgan fingerprint density at radius 3 is 3.04 bits per heavy atom. The summed E-state index contributed by atoms with van der Waals surface area (Å²) in [5, 5.41) is 9.29. The van der Waals surface area contributed by atoms with Crippen LogP contribution in [-0.4, -0.2) is 54.6 Å². The van der Waals surface area contributed by atoms with Crippen LogP contribution in [-0.2, 0) is 6.54 Å². The van der Waals surface area contributed by atoms with Gasteiger partial charge in [-0.1, -0.05) is 6.07 Å². The maximum absolute atomic E-state index is 4.42. The van der Waals surface area contributed by atoms with Crippen LogP contribution in [0, 0.1) is 5.92 Å². The van der Waals surface area contributed by atoms with Gasteiger partial charge in [0.25, 0.3) is 0 Å². The minimum absolute atomic E-state index is 0.375. The Balaban J connectivity index is 1.40. The van der Waals surface area contributed by atoms with Gasteiger partial charge in [0.1, 0.15) is 0 Å². The van der Waals surface area contributed by atoms with Crippen LogP contribution in [0.2, 0.25) is 0 Å². The molecule has 1 aromatic rings. The van der Waals surface area contributed by atoms with Gasteiger partial charge in [0.05, 0.1) is 0 Å². The van der Waals surface area contributed by atoms with E-state index in [9.17, 15) is 0 Å². The number of piperidine rings is 1. The number of aliphatic imine (C=N–C) groups is 1. The first-order valence-corrected chi connectivity index (χ1v) is 11.4. The molecule has 1 aromatic heterocycles. The number of thioether (sulfide) groups is 1. The first-order chi connectivity index (χ1) is 12.2. The number of thiophene rings is 1. The smallest absolute Gasteiger partial charge is 0.191 e. The van der Waals surface area contributed by atoms with Crippen LogP contribution in [0.25, 0.3) is 0 Å². The topological polar surface area (TPSA) is 39.7 Å². The number of nitrogens with one attached hydrogen (secondary N) is 2. The molecule has 0 aromatic carbocycles. The third kappa shape index (κ3) is 5.90. The fourth-order valence-electron chi connectivity index (χ4n) is 3.79. The van der Waals surface area contributed by atoms with Crippen LogP contribution in [0.3, 0.4) is 0 Å². The molecule has 2 saturated heterocycles. The molecule has 2 fully saturated rings. The Morgan fingerprint density at radius 1 is 1.40 bits per heavy atom. The molecule has 3 heterocycles. The lowest BCUT2D eigenvalue weighted by Crippen LogP contribution is -2.47. The Morgan fingerprint density at radius 2 is 2.32 bits per heavy atom. The summed E-state index contributed by atoms with van der Waals surface area (Å²) in [7, 11) is 1.88. The van der Waals surface area contributed by atoms with E-state index in [0.717, 1.165) is 25.6 Å². The average molecular weight is 381 g/mol. The lowest BCUT2D eigenvalue weighted by molar-refractivity contribution is 0.169. The van der Waals surface area contributed by atoms with Gasteiger partial charge in [0, 0.05) is 42.9 Å². The normalized spacial score (nSPS) is 28.2. The molecule has 6 heteroatoms. The number of guanidine groups is 1. The van der Waals surface area contributed by atoms with E-state index in [1.165, 1.54) is 49.4 Å². The van der Waals surface area contributed by atoms with Crippen molar-refractivity contribution in [1.29, 1.82) is 0 Å². The molecular formula is C19H32N4S2. The molecule has 4 nitrogen and oxygen atoms in total. The monoisotopic (exact) mass is 380 g/mol. The summed E-state index contributed by atoms with van der Waals surface area (Å²) in [5.41, 5.74) is 0. The Hall–Kier alpha value is -0.720. The van der Waals surface area contributed by atoms with Crippen molar-refractivity contribution in [2.75, 3.05) is 39.0 Å². The van der Waals surface area contributed by atoms with E-state index in [2.05, 4.69) is 56.7 Å². The fourth-order valence-corrected chi connectivity index (χ4v) is 5.78. The highest BCUT2D eigenvalue weighted by atomic mass is 32.2. The quantitative estimate of drug-likeness (QED) is 0.586. The Labute approximate surface area is 160 Å². The maximum Gasteiger partial charge on any atom is 0.191 e. The molecule has 0 saturated carbocycles. The Kier molecular flexibility index (Phi) is 7.08. The zero-order valence-corrected chi connectivity index (χ0v) is 17.2. The van der Waals surface area contributed by atoms with Crippen LogP contribution < -0.4 is 10.6 Å². The van der Waals surface area contributed by atoms with Gasteiger partial charge in [-0.05, 0) is 62.3 Å². The molecule has 0 bridgehead atoms. The van der Waals surface area contributed by atoms with Crippen molar-refractivity contribution in [3.05, 3.63) is 22.4 Å². The molecule has 0 radical (unpaired) electrons. The molecule has 25 heavy (non-hydrogen) atoms. The second-order valence-electron chi connectivity index (χ2n) is 7.53. The van der Waals surface area contributed by atoms with Gasteiger partial charge in [-0.15, -0.1) is 11.3 Å². The predicted molar refractivity (Wildman–Crippen MR) is 112 cm³/mol. The molecule has 2 unspecified atom stereocenters. The van der Waals surface area contributed by atoms with E-state index < -0.39 is 0 Å². The molecule has 140 valence electrons. The summed E-state index contributed by atoms with van der Waals surface area (Å²) in [6, 6.07) is 4.40. The molecular weight excluding hydrogens is 348 g/mol. The minimum atomic E-state index is 0.375. The largest absolute Gasteiger partial charge is 0.356 e. The molecule has 2 N–H and O–H groups in total. The lowest BCUT2D eigenvalue weighted by Gasteiger charge is -2.33. The SMILES string of the molecule is CN=C(NCC1CCCN(Cc2cccs2)C1)NCC1(C)CCCS1. The van der Waals surface area contributed by atoms with Gasteiger partial charge >= 0.3 is 0 Å². The van der Waals surface area contributed by atoms with Gasteiger partial charge in [0.2, 0.25) is 0 Å². The lowest BCUT2D eigenvalue weighted by atomic mass is 9.98. The number of hydrogen-bond acceptors (Lipinski definition) is 4. The van der Waals surface area contributed by atoms with Crippen molar-refractivity contribution in [2.45, 2.75) is 43.9 Å². The second kappa shape index (κ2) is 9.28. The van der Waals surface area contributed by atoms with Crippen LogP contribution in [0.4, 0.5) is 0 Å². The van der Waals surface area contributed by atoms with Crippen molar-refractivity contribution in [3.63, 3.8) is 0 Å². The number of rotatable bonds is 6. The van der Waals surface area contributed by atoms with Gasteiger partial charge in [0.15, 0.2) is 5.96 Å². The molecule has 2 aliphatic heterocycles. The summed E-state index contributed by atoms with van der Waals surface area (Å²) in [5.74, 6) is 2.97. The van der Waals surface area contributed by atoms with Crippen molar-refractivity contribution >= 4 is 29.1 Å². The highest BCUT2D eigenvalue weighted by Crippen LogP contribution is 2.36. The van der Waals surface area contributed by atoms with E-state index in [-0.39, 0.29) is 0 Å². The van der Waals surface area contributed by atoms with Crippen LogP contribution in [0.1, 0.15) is 37.5 Å². The molecule has 0 spiro atoms. The summed E-state index contributed by atoms with van der Waals surface area (Å²) in [6.45, 7) is 7.93. The third-order valence-corrected chi connectivity index (χ3v) is 7.67. The first kappa shape index (κ1) is 19.1. The van der Waals surface area contributed by atoms with Crippen molar-refractivity contribution < 1.29 is 0 Å². The van der Waals surface area contributed by atoms with Gasteiger partial charge in [-0.25, -0.2) is 0 Å². The van der Waals surface area contributed by atoms with Crippen LogP contribution in [0.15, 0.2) is 22.5 Å². The molecule has 0 aliphatic carbocycles. The maximum atomic E-state index is 4.42. The van der Waals surface area contributed by atoms with E-state index >= 15 is 0 Å². The van der Waals surface area contributed by atoms with E-state index in [1.807, 2.05) is 18.4 Å². The Bertz CT molecular complexity index is 538. The number of likely N-dealkylation sites (tertiary alicyclic amines) is 1. The van der Waals surface area contributed by atoms with Crippen LogP contribution in [0.5, 0.6) is 0 Å². The fraction of sp³-hybridized carbons (Fsp3) is 0.737. The van der Waals surface area contributed by atoms with E-state index in [4.69, 9.17) is 0 Å². The molecule has 2 atom stereocenters. The molecule has 3 rings (SSSR count). The molecule has 0 amide bonds. The van der Waals surface area contributed by atoms with E-state index in [0.29, 0.717) is 10.7 Å². The summed E-state index contributed by atoms with van der Waals surface area (Å²) < 4.78 is 0.375. The van der Waals surface area contributed by atoms with Gasteiger partial charge < -0.3 is 10.6 Å². The second-order valence-corrected chi connectivity index (χ2v) is 10.2. The summed E-state index contributed by atoms with van der Waals surface area (Å²) in [6.07, 6.45) is 5.27. The summed E-state index contributed by atoms with van der Waals surface area (Å²) >= 11 is 3.96.